The molecule has 0 bridgehead atoms. The molecule has 9 rings (SSSR count). The molecule has 0 aliphatic carbocycles. The van der Waals surface area contributed by atoms with Crippen molar-refractivity contribution in [3.63, 3.8) is 0 Å². The highest BCUT2D eigenvalue weighted by atomic mass is 14.2. The largest absolute Gasteiger partial charge is 0.0629 e. The highest BCUT2D eigenvalue weighted by Crippen LogP contribution is 2.44. The summed E-state index contributed by atoms with van der Waals surface area (Å²) in [6.45, 7) is 0. The fourth-order valence-corrected chi connectivity index (χ4v) is 6.44. The van der Waals surface area contributed by atoms with E-state index < -0.39 is 84.1 Å². The molecule has 214 valence electrons. The summed E-state index contributed by atoms with van der Waals surface area (Å²) >= 11 is 0. The quantitative estimate of drug-likeness (QED) is 0.178. The van der Waals surface area contributed by atoms with Crippen LogP contribution in [-0.4, -0.2) is 0 Å². The molecular formula is C46H30. The van der Waals surface area contributed by atoms with Crippen LogP contribution < -0.4 is 0 Å². The Morgan fingerprint density at radius 2 is 0.804 bits per heavy atom. The van der Waals surface area contributed by atoms with E-state index in [0.29, 0.717) is 5.56 Å². The zero-order valence-electron chi connectivity index (χ0n) is 37.3. The Labute approximate surface area is 287 Å². The van der Waals surface area contributed by atoms with Crippen LogP contribution in [0.25, 0.3) is 87.6 Å². The van der Waals surface area contributed by atoms with Gasteiger partial charge in [-0.25, -0.2) is 0 Å². The Morgan fingerprint density at radius 3 is 1.48 bits per heavy atom. The van der Waals surface area contributed by atoms with E-state index in [1.54, 1.807) is 12.1 Å². The number of benzene rings is 9. The minimum Gasteiger partial charge on any atom is -0.0622 e. The summed E-state index contributed by atoms with van der Waals surface area (Å²) in [5.41, 5.74) is 3.50. The van der Waals surface area contributed by atoms with Gasteiger partial charge in [-0.1, -0.05) is 163 Å². The lowest BCUT2D eigenvalue weighted by atomic mass is 9.85. The topological polar surface area (TPSA) is 0 Å². The summed E-state index contributed by atoms with van der Waals surface area (Å²) in [5.74, 6) is 0. The normalized spacial score (nSPS) is 15.4. The van der Waals surface area contributed by atoms with Crippen molar-refractivity contribution in [2.75, 3.05) is 0 Å². The molecule has 0 atom stereocenters. The van der Waals surface area contributed by atoms with E-state index >= 15 is 0 Å². The van der Waals surface area contributed by atoms with E-state index in [-0.39, 0.29) is 32.7 Å². The van der Waals surface area contributed by atoms with Crippen LogP contribution in [-0.2, 0) is 0 Å². The van der Waals surface area contributed by atoms with E-state index in [1.807, 2.05) is 48.5 Å². The highest BCUT2D eigenvalue weighted by molar-refractivity contribution is 6.21. The summed E-state index contributed by atoms with van der Waals surface area (Å²) in [6.07, 6.45) is 0. The Hall–Kier alpha value is -5.98. The van der Waals surface area contributed by atoms with Gasteiger partial charge in [0.15, 0.2) is 0 Å². The zero-order chi connectivity index (χ0) is 41.8. The highest BCUT2D eigenvalue weighted by Gasteiger charge is 2.17. The van der Waals surface area contributed by atoms with Crippen LogP contribution in [0.3, 0.4) is 0 Å². The molecule has 0 N–H and O–H groups in total. The van der Waals surface area contributed by atoms with Crippen molar-refractivity contribution in [3.8, 4) is 44.5 Å². The first-order valence-corrected chi connectivity index (χ1v) is 14.9. The lowest BCUT2D eigenvalue weighted by molar-refractivity contribution is 1.62. The maximum Gasteiger partial charge on any atom is 0.0629 e. The third kappa shape index (κ3) is 4.38. The SMILES string of the molecule is [2H]c1c([2H])c([2H])c(-c2c3c([2H])c([2H])c([2H])c([2H])c3c(-c3ccc(-c4cc(-c5ccc6ccccc6c5)cc5ccccc45)cc3)c3c([2H])c([2H])c([2H])c([2H])c23)c([2H])c1[2H]. The van der Waals surface area contributed by atoms with Crippen molar-refractivity contribution in [2.45, 2.75) is 0 Å². The van der Waals surface area contributed by atoms with Gasteiger partial charge in [0.05, 0.1) is 17.8 Å². The summed E-state index contributed by atoms with van der Waals surface area (Å²) < 4.78 is 115. The van der Waals surface area contributed by atoms with E-state index in [1.165, 1.54) is 0 Å². The van der Waals surface area contributed by atoms with Crippen molar-refractivity contribution in [1.82, 2.24) is 0 Å². The molecule has 46 heavy (non-hydrogen) atoms. The fourth-order valence-electron chi connectivity index (χ4n) is 6.44. The maximum absolute atomic E-state index is 9.24. The van der Waals surface area contributed by atoms with Crippen LogP contribution in [0, 0.1) is 0 Å². The van der Waals surface area contributed by atoms with E-state index in [2.05, 4.69) is 42.5 Å². The number of fused-ring (bicyclic) bond motifs is 4. The smallest absolute Gasteiger partial charge is 0.0622 e. The molecule has 0 saturated carbocycles. The van der Waals surface area contributed by atoms with Crippen LogP contribution in [0.1, 0.15) is 17.8 Å². The molecule has 0 heterocycles. The predicted molar refractivity (Wildman–Crippen MR) is 198 cm³/mol. The van der Waals surface area contributed by atoms with Crippen molar-refractivity contribution in [2.24, 2.45) is 0 Å². The predicted octanol–water partition coefficient (Wildman–Crippen LogP) is 13.0. The van der Waals surface area contributed by atoms with Gasteiger partial charge < -0.3 is 0 Å². The van der Waals surface area contributed by atoms with Gasteiger partial charge in [0.25, 0.3) is 0 Å². The van der Waals surface area contributed by atoms with E-state index in [4.69, 9.17) is 12.3 Å². The van der Waals surface area contributed by atoms with E-state index in [9.17, 15) is 5.48 Å². The third-order valence-corrected chi connectivity index (χ3v) is 8.55. The van der Waals surface area contributed by atoms with Crippen LogP contribution in [0.5, 0.6) is 0 Å². The summed E-state index contributed by atoms with van der Waals surface area (Å²) in [7, 11) is 0. The lowest BCUT2D eigenvalue weighted by Crippen LogP contribution is -1.91. The first-order valence-electron chi connectivity index (χ1n) is 21.4. The molecule has 9 aromatic carbocycles. The molecule has 0 heteroatoms. The molecule has 0 amide bonds. The second-order valence-corrected chi connectivity index (χ2v) is 11.1. The summed E-state index contributed by atoms with van der Waals surface area (Å²) in [4.78, 5) is 0. The van der Waals surface area contributed by atoms with Crippen molar-refractivity contribution in [3.05, 3.63) is 182 Å². The number of hydrogen-bond donors (Lipinski definition) is 0. The minimum atomic E-state index is -0.708. The second kappa shape index (κ2) is 10.9. The molecule has 0 spiro atoms. The lowest BCUT2D eigenvalue weighted by Gasteiger charge is -2.18. The minimum absolute atomic E-state index is 0.0893. The van der Waals surface area contributed by atoms with Crippen LogP contribution >= 0.6 is 0 Å². The second-order valence-electron chi connectivity index (χ2n) is 11.1. The van der Waals surface area contributed by atoms with Crippen LogP contribution in [0.4, 0.5) is 0 Å². The van der Waals surface area contributed by atoms with Gasteiger partial charge in [0.2, 0.25) is 0 Å². The molecule has 0 nitrogen and oxygen atoms in total. The van der Waals surface area contributed by atoms with Gasteiger partial charge in [-0.2, -0.15) is 0 Å². The Morgan fingerprint density at radius 1 is 0.304 bits per heavy atom. The van der Waals surface area contributed by atoms with Crippen LogP contribution in [0.15, 0.2) is 182 Å². The van der Waals surface area contributed by atoms with Gasteiger partial charge in [-0.3, -0.25) is 0 Å². The van der Waals surface area contributed by atoms with Crippen LogP contribution in [0.2, 0.25) is 0 Å². The van der Waals surface area contributed by atoms with Gasteiger partial charge in [0.1, 0.15) is 0 Å². The first-order chi connectivity index (χ1) is 28.2. The van der Waals surface area contributed by atoms with Gasteiger partial charge in [0, 0.05) is 0 Å². The molecular weight excluding hydrogens is 553 g/mol. The van der Waals surface area contributed by atoms with E-state index in [0.717, 1.165) is 43.8 Å². The van der Waals surface area contributed by atoms with Crippen molar-refractivity contribution >= 4 is 43.1 Å². The summed E-state index contributed by atoms with van der Waals surface area (Å²) in [5, 5.41) is 3.54. The Bertz CT molecular complexity index is 3190. The molecule has 0 saturated heterocycles. The number of rotatable bonds is 4. The maximum atomic E-state index is 9.24. The van der Waals surface area contributed by atoms with Gasteiger partial charge >= 0.3 is 0 Å². The van der Waals surface area contributed by atoms with Gasteiger partial charge in [-0.15, -0.1) is 0 Å². The van der Waals surface area contributed by atoms with Crippen molar-refractivity contribution in [1.29, 1.82) is 0 Å². The third-order valence-electron chi connectivity index (χ3n) is 8.55. The zero-order valence-corrected chi connectivity index (χ0v) is 24.3. The molecule has 0 aliphatic rings. The average molecular weight is 596 g/mol. The number of hydrogen-bond acceptors (Lipinski definition) is 0. The fraction of sp³-hybridized carbons (Fsp3) is 0. The Kier molecular flexibility index (Phi) is 3.87. The monoisotopic (exact) mass is 595 g/mol. The summed E-state index contributed by atoms with van der Waals surface area (Å²) in [6, 6.07) is 25.8. The average Bonchev–Trinajstić information content (AvgIpc) is 3.26. The molecule has 0 aromatic heterocycles. The molecule has 0 unspecified atom stereocenters. The molecule has 0 radical (unpaired) electrons. The first kappa shape index (κ1) is 16.4. The molecule has 0 aliphatic heterocycles. The van der Waals surface area contributed by atoms with Gasteiger partial charge in [-0.05, 0) is 106 Å². The van der Waals surface area contributed by atoms with Crippen molar-refractivity contribution < 1.29 is 17.8 Å². The molecule has 9 aromatic rings. The molecule has 0 fully saturated rings. The standard InChI is InChI=1S/C46H30/c1-2-13-33(14-3-1)45-40-18-8-10-20-42(40)46(43-21-11-9-19-41(43)45)34-25-23-32(24-26-34)44-30-38(29-37-16-6-7-17-39(37)44)36-27-22-31-12-4-5-15-35(31)28-36/h1-30H/i1D,2D,3D,8D,9D,10D,11D,13D,14D,18D,19D,20D,21D. The Balaban J connectivity index is 1.37.